The summed E-state index contributed by atoms with van der Waals surface area (Å²) in [7, 11) is 0. The predicted octanol–water partition coefficient (Wildman–Crippen LogP) is 4.16. The van der Waals surface area contributed by atoms with Crippen molar-refractivity contribution in [2.45, 2.75) is 19.3 Å². The summed E-state index contributed by atoms with van der Waals surface area (Å²) in [6.45, 7) is 0. The largest absolute Gasteiger partial charge is 0.481 e. The summed E-state index contributed by atoms with van der Waals surface area (Å²) >= 11 is 0. The van der Waals surface area contributed by atoms with Crippen molar-refractivity contribution in [2.75, 3.05) is 5.32 Å². The highest BCUT2D eigenvalue weighted by Crippen LogP contribution is 2.52. The Morgan fingerprint density at radius 2 is 1.50 bits per heavy atom. The number of nitrogens with one attached hydrogen (secondary N) is 1. The van der Waals surface area contributed by atoms with Crippen molar-refractivity contribution < 1.29 is 19.4 Å². The molecule has 2 aliphatic carbocycles. The van der Waals surface area contributed by atoms with Crippen LogP contribution >= 0.6 is 0 Å². The summed E-state index contributed by atoms with van der Waals surface area (Å²) in [4.78, 5) is 24.3. The highest BCUT2D eigenvalue weighted by Gasteiger charge is 2.53. The molecule has 5 nitrogen and oxygen atoms in total. The van der Waals surface area contributed by atoms with Gasteiger partial charge in [-0.1, -0.05) is 18.2 Å². The lowest BCUT2D eigenvalue weighted by molar-refractivity contribution is -0.148. The average molecular weight is 351 g/mol. The zero-order valence-electron chi connectivity index (χ0n) is 14.3. The minimum absolute atomic E-state index is 0.148. The van der Waals surface area contributed by atoms with Crippen LogP contribution in [0, 0.1) is 23.7 Å². The van der Waals surface area contributed by atoms with Crippen LogP contribution in [0.15, 0.2) is 54.6 Å². The van der Waals surface area contributed by atoms with Crippen molar-refractivity contribution in [1.29, 1.82) is 0 Å². The number of para-hydroxylation sites is 1. The van der Waals surface area contributed by atoms with Gasteiger partial charge in [-0.25, -0.2) is 0 Å². The summed E-state index contributed by atoms with van der Waals surface area (Å²) < 4.78 is 5.74. The summed E-state index contributed by atoms with van der Waals surface area (Å²) in [5, 5.41) is 12.4. The number of ether oxygens (including phenoxy) is 1. The van der Waals surface area contributed by atoms with Crippen molar-refractivity contribution in [3.8, 4) is 11.5 Å². The molecule has 4 atom stereocenters. The lowest BCUT2D eigenvalue weighted by Crippen LogP contribution is -2.37. The second-order valence-electron chi connectivity index (χ2n) is 7.15. The number of aliphatic carboxylic acids is 1. The first-order valence-corrected chi connectivity index (χ1v) is 8.98. The molecule has 0 unspecified atom stereocenters. The van der Waals surface area contributed by atoms with E-state index in [1.165, 1.54) is 0 Å². The molecule has 134 valence electrons. The Balaban J connectivity index is 1.42. The Hall–Kier alpha value is -2.82. The molecular weight excluding hydrogens is 330 g/mol. The summed E-state index contributed by atoms with van der Waals surface area (Å²) in [5.41, 5.74) is 0.655. The monoisotopic (exact) mass is 351 g/mol. The second kappa shape index (κ2) is 6.83. The van der Waals surface area contributed by atoms with Crippen LogP contribution in [0.4, 0.5) is 5.69 Å². The summed E-state index contributed by atoms with van der Waals surface area (Å²) in [5.74, 6) is -0.226. The van der Waals surface area contributed by atoms with Gasteiger partial charge in [-0.15, -0.1) is 0 Å². The normalized spacial score (nSPS) is 26.5. The molecule has 2 N–H and O–H groups in total. The van der Waals surface area contributed by atoms with Crippen molar-refractivity contribution in [3.63, 3.8) is 0 Å². The van der Waals surface area contributed by atoms with Crippen LogP contribution in [0.3, 0.4) is 0 Å². The number of hydrogen-bond donors (Lipinski definition) is 2. The van der Waals surface area contributed by atoms with Gasteiger partial charge in [-0.2, -0.15) is 0 Å². The molecule has 1 amide bonds. The third-order valence-electron chi connectivity index (χ3n) is 5.61. The van der Waals surface area contributed by atoms with Gasteiger partial charge in [0.15, 0.2) is 0 Å². The standard InChI is InChI=1S/C21H21NO4/c23-20(18-13-6-7-14(12-13)19(18)21(24)25)22-15-8-10-17(11-9-15)26-16-4-2-1-3-5-16/h1-5,8-11,13-14,18-19H,6-7,12H2,(H,22,23)(H,24,25)/t13-,14-,18+,19+/m0/s1. The van der Waals surface area contributed by atoms with Gasteiger partial charge in [0.25, 0.3) is 0 Å². The summed E-state index contributed by atoms with van der Waals surface area (Å²) in [6.07, 6.45) is 2.74. The molecule has 2 aliphatic rings. The number of rotatable bonds is 5. The van der Waals surface area contributed by atoms with Crippen LogP contribution in [-0.2, 0) is 9.59 Å². The van der Waals surface area contributed by atoms with Crippen LogP contribution in [0.1, 0.15) is 19.3 Å². The zero-order valence-corrected chi connectivity index (χ0v) is 14.3. The lowest BCUT2D eigenvalue weighted by atomic mass is 9.78. The summed E-state index contributed by atoms with van der Waals surface area (Å²) in [6, 6.07) is 16.6. The molecule has 5 heteroatoms. The minimum Gasteiger partial charge on any atom is -0.481 e. The van der Waals surface area contributed by atoms with Crippen LogP contribution in [0.25, 0.3) is 0 Å². The van der Waals surface area contributed by atoms with E-state index in [4.69, 9.17) is 4.74 Å². The molecule has 0 radical (unpaired) electrons. The molecule has 0 aromatic heterocycles. The van der Waals surface area contributed by atoms with Crippen LogP contribution < -0.4 is 10.1 Å². The van der Waals surface area contributed by atoms with Crippen molar-refractivity contribution in [2.24, 2.45) is 23.7 Å². The molecule has 0 aliphatic heterocycles. The van der Waals surface area contributed by atoms with Gasteiger partial charge in [0.1, 0.15) is 11.5 Å². The number of carbonyl (C=O) groups is 2. The third-order valence-corrected chi connectivity index (χ3v) is 5.61. The van der Waals surface area contributed by atoms with Gasteiger partial charge in [-0.05, 0) is 67.5 Å². The highest BCUT2D eigenvalue weighted by atomic mass is 16.5. The van der Waals surface area contributed by atoms with E-state index in [1.807, 2.05) is 30.3 Å². The van der Waals surface area contributed by atoms with Gasteiger partial charge < -0.3 is 15.2 Å². The highest BCUT2D eigenvalue weighted by molar-refractivity contribution is 5.96. The first-order valence-electron chi connectivity index (χ1n) is 8.98. The molecule has 26 heavy (non-hydrogen) atoms. The van der Waals surface area contributed by atoms with E-state index < -0.39 is 17.8 Å². The predicted molar refractivity (Wildman–Crippen MR) is 97.0 cm³/mol. The first-order chi connectivity index (χ1) is 12.6. The van der Waals surface area contributed by atoms with Gasteiger partial charge >= 0.3 is 5.97 Å². The topological polar surface area (TPSA) is 75.6 Å². The van der Waals surface area contributed by atoms with E-state index in [-0.39, 0.29) is 17.7 Å². The minimum atomic E-state index is -0.844. The first kappa shape index (κ1) is 16.6. The molecule has 0 saturated heterocycles. The zero-order chi connectivity index (χ0) is 18.1. The molecule has 4 rings (SSSR count). The second-order valence-corrected chi connectivity index (χ2v) is 7.15. The maximum absolute atomic E-state index is 12.7. The van der Waals surface area contributed by atoms with Gasteiger partial charge in [0, 0.05) is 5.69 Å². The Labute approximate surface area is 152 Å². The fourth-order valence-electron chi connectivity index (χ4n) is 4.48. The smallest absolute Gasteiger partial charge is 0.307 e. The molecule has 2 aromatic rings. The Kier molecular flexibility index (Phi) is 4.37. The molecule has 2 bridgehead atoms. The van der Waals surface area contributed by atoms with Crippen molar-refractivity contribution in [1.82, 2.24) is 0 Å². The fourth-order valence-corrected chi connectivity index (χ4v) is 4.48. The number of anilines is 1. The number of benzene rings is 2. The Bertz CT molecular complexity index is 803. The number of amides is 1. The van der Waals surface area contributed by atoms with Crippen molar-refractivity contribution >= 4 is 17.6 Å². The van der Waals surface area contributed by atoms with E-state index in [2.05, 4.69) is 5.32 Å². The van der Waals surface area contributed by atoms with E-state index in [0.29, 0.717) is 11.4 Å². The molecule has 0 heterocycles. The van der Waals surface area contributed by atoms with Gasteiger partial charge in [0.05, 0.1) is 11.8 Å². The van der Waals surface area contributed by atoms with Crippen LogP contribution in [0.5, 0.6) is 11.5 Å². The fraction of sp³-hybridized carbons (Fsp3) is 0.333. The number of hydrogen-bond acceptors (Lipinski definition) is 3. The number of carbonyl (C=O) groups excluding carboxylic acids is 1. The average Bonchev–Trinajstić information content (AvgIpc) is 3.25. The Morgan fingerprint density at radius 3 is 2.15 bits per heavy atom. The molecule has 2 saturated carbocycles. The maximum atomic E-state index is 12.7. The van der Waals surface area contributed by atoms with E-state index in [9.17, 15) is 14.7 Å². The van der Waals surface area contributed by atoms with Gasteiger partial charge in [-0.3, -0.25) is 9.59 Å². The SMILES string of the molecule is O=C(O)[C@@H]1[C@H]2CC[C@@H](C2)[C@H]1C(=O)Nc1ccc(Oc2ccccc2)cc1. The van der Waals surface area contributed by atoms with Crippen LogP contribution in [0.2, 0.25) is 0 Å². The van der Waals surface area contributed by atoms with Gasteiger partial charge in [0.2, 0.25) is 5.91 Å². The Morgan fingerprint density at radius 1 is 0.885 bits per heavy atom. The number of fused-ring (bicyclic) bond motifs is 2. The van der Waals surface area contributed by atoms with Crippen molar-refractivity contribution in [3.05, 3.63) is 54.6 Å². The number of carboxylic acids is 1. The van der Waals surface area contributed by atoms with E-state index in [0.717, 1.165) is 25.0 Å². The van der Waals surface area contributed by atoms with E-state index in [1.54, 1.807) is 24.3 Å². The quantitative estimate of drug-likeness (QED) is 0.848. The van der Waals surface area contributed by atoms with Crippen LogP contribution in [-0.4, -0.2) is 17.0 Å². The molecule has 2 fully saturated rings. The maximum Gasteiger partial charge on any atom is 0.307 e. The van der Waals surface area contributed by atoms with E-state index >= 15 is 0 Å². The molecular formula is C21H21NO4. The molecule has 0 spiro atoms. The lowest BCUT2D eigenvalue weighted by Gasteiger charge is -2.27. The number of carboxylic acid groups (broad SMARTS) is 1. The molecule has 2 aromatic carbocycles. The third kappa shape index (κ3) is 3.17.